The highest BCUT2D eigenvalue weighted by Crippen LogP contribution is 2.10. The molecule has 0 aliphatic carbocycles. The lowest BCUT2D eigenvalue weighted by molar-refractivity contribution is 0.0939. The maximum absolute atomic E-state index is 12.9. The summed E-state index contributed by atoms with van der Waals surface area (Å²) in [6.07, 6.45) is 1.35. The van der Waals surface area contributed by atoms with Crippen LogP contribution in [0.4, 0.5) is 4.39 Å². The van der Waals surface area contributed by atoms with Crippen LogP contribution in [0.5, 0.6) is 0 Å². The molecule has 0 unspecified atom stereocenters. The van der Waals surface area contributed by atoms with Gasteiger partial charge in [-0.05, 0) is 31.2 Å². The van der Waals surface area contributed by atoms with E-state index in [9.17, 15) is 9.18 Å². The van der Waals surface area contributed by atoms with Crippen LogP contribution in [0.25, 0.3) is 5.69 Å². The van der Waals surface area contributed by atoms with Crippen molar-refractivity contribution in [1.82, 2.24) is 35.3 Å². The number of benzene rings is 1. The van der Waals surface area contributed by atoms with E-state index in [1.54, 1.807) is 19.1 Å². The van der Waals surface area contributed by atoms with E-state index < -0.39 is 5.91 Å². The summed E-state index contributed by atoms with van der Waals surface area (Å²) >= 11 is 0. The monoisotopic (exact) mass is 301 g/mol. The summed E-state index contributed by atoms with van der Waals surface area (Å²) in [6, 6.07) is 5.76. The van der Waals surface area contributed by atoms with Crippen LogP contribution in [0.3, 0.4) is 0 Å². The molecule has 0 spiro atoms. The second kappa shape index (κ2) is 5.72. The smallest absolute Gasteiger partial charge is 0.291 e. The molecule has 0 saturated carbocycles. The molecular formula is C13H12FN7O. The quantitative estimate of drug-likeness (QED) is 0.741. The summed E-state index contributed by atoms with van der Waals surface area (Å²) in [5, 5.41) is 13.1. The predicted octanol–water partition coefficient (Wildman–Crippen LogP) is 0.763. The number of halogens is 1. The van der Waals surface area contributed by atoms with Gasteiger partial charge in [-0.25, -0.2) is 19.0 Å². The van der Waals surface area contributed by atoms with E-state index >= 15 is 0 Å². The van der Waals surface area contributed by atoms with E-state index in [0.29, 0.717) is 17.3 Å². The van der Waals surface area contributed by atoms with Gasteiger partial charge in [0.25, 0.3) is 5.91 Å². The predicted molar refractivity (Wildman–Crippen MR) is 73.6 cm³/mol. The van der Waals surface area contributed by atoms with Gasteiger partial charge in [0.05, 0.1) is 12.2 Å². The zero-order valence-corrected chi connectivity index (χ0v) is 11.6. The Kier molecular flexibility index (Phi) is 3.60. The number of nitrogens with zero attached hydrogens (tertiary/aromatic N) is 5. The number of amides is 1. The van der Waals surface area contributed by atoms with Crippen LogP contribution in [0.15, 0.2) is 30.6 Å². The Morgan fingerprint density at radius 3 is 2.82 bits per heavy atom. The number of nitrogens with one attached hydrogen (secondary N) is 2. The summed E-state index contributed by atoms with van der Waals surface area (Å²) in [7, 11) is 0. The van der Waals surface area contributed by atoms with Crippen LogP contribution in [0.1, 0.15) is 22.3 Å². The SMILES string of the molecule is Cc1nc(C(=O)NCc2ncn[nH]2)nn1-c1ccc(F)cc1. The summed E-state index contributed by atoms with van der Waals surface area (Å²) in [6.45, 7) is 1.91. The minimum atomic E-state index is -0.430. The molecule has 2 N–H and O–H groups in total. The molecule has 0 aliphatic rings. The van der Waals surface area contributed by atoms with Crippen molar-refractivity contribution in [3.8, 4) is 5.69 Å². The Morgan fingerprint density at radius 2 is 2.14 bits per heavy atom. The molecule has 2 aromatic heterocycles. The minimum absolute atomic E-state index is 0.0290. The molecule has 22 heavy (non-hydrogen) atoms. The number of hydrogen-bond donors (Lipinski definition) is 2. The van der Waals surface area contributed by atoms with Gasteiger partial charge in [-0.15, -0.1) is 5.10 Å². The summed E-state index contributed by atoms with van der Waals surface area (Å²) in [5.41, 5.74) is 0.626. The average Bonchev–Trinajstić information content (AvgIpc) is 3.15. The lowest BCUT2D eigenvalue weighted by atomic mass is 10.3. The molecule has 0 bridgehead atoms. The number of hydrogen-bond acceptors (Lipinski definition) is 5. The highest BCUT2D eigenvalue weighted by molar-refractivity contribution is 5.90. The topological polar surface area (TPSA) is 101 Å². The first-order valence-corrected chi connectivity index (χ1v) is 6.45. The van der Waals surface area contributed by atoms with Crippen molar-refractivity contribution in [3.05, 3.63) is 53.9 Å². The molecule has 0 atom stereocenters. The molecule has 2 heterocycles. The lowest BCUT2D eigenvalue weighted by Crippen LogP contribution is -2.24. The van der Waals surface area contributed by atoms with Crippen molar-refractivity contribution >= 4 is 5.91 Å². The van der Waals surface area contributed by atoms with Crippen molar-refractivity contribution in [2.45, 2.75) is 13.5 Å². The van der Waals surface area contributed by atoms with Crippen LogP contribution in [-0.2, 0) is 6.54 Å². The van der Waals surface area contributed by atoms with Crippen LogP contribution >= 0.6 is 0 Å². The van der Waals surface area contributed by atoms with Crippen LogP contribution in [0.2, 0.25) is 0 Å². The van der Waals surface area contributed by atoms with Crippen molar-refractivity contribution in [2.75, 3.05) is 0 Å². The Hall–Kier alpha value is -3.10. The van der Waals surface area contributed by atoms with Crippen LogP contribution in [-0.4, -0.2) is 35.9 Å². The van der Waals surface area contributed by atoms with Gasteiger partial charge in [0.2, 0.25) is 5.82 Å². The second-order valence-corrected chi connectivity index (χ2v) is 4.49. The largest absolute Gasteiger partial charge is 0.342 e. The Morgan fingerprint density at radius 1 is 1.36 bits per heavy atom. The number of H-pyrrole nitrogens is 1. The van der Waals surface area contributed by atoms with Crippen molar-refractivity contribution < 1.29 is 9.18 Å². The van der Waals surface area contributed by atoms with Gasteiger partial charge in [0.1, 0.15) is 23.8 Å². The maximum atomic E-state index is 12.9. The molecule has 0 saturated heterocycles. The van der Waals surface area contributed by atoms with Gasteiger partial charge in [-0.2, -0.15) is 5.10 Å². The molecule has 0 radical (unpaired) electrons. The first-order valence-electron chi connectivity index (χ1n) is 6.45. The molecule has 112 valence electrons. The van der Waals surface area contributed by atoms with Gasteiger partial charge in [0, 0.05) is 0 Å². The minimum Gasteiger partial charge on any atom is -0.342 e. The molecule has 3 rings (SSSR count). The molecule has 0 fully saturated rings. The first-order chi connectivity index (χ1) is 10.6. The number of rotatable bonds is 4. The standard InChI is InChI=1S/C13H12FN7O/c1-8-18-12(13(22)15-6-11-16-7-17-19-11)20-21(8)10-4-2-9(14)3-5-10/h2-5,7H,6H2,1H3,(H,15,22)(H,16,17,19). The zero-order chi connectivity index (χ0) is 15.5. The van der Waals surface area contributed by atoms with Crippen molar-refractivity contribution in [2.24, 2.45) is 0 Å². The number of aromatic nitrogens is 6. The number of carbonyl (C=O) groups is 1. The Labute approximate surface area is 124 Å². The Bertz CT molecular complexity index is 779. The highest BCUT2D eigenvalue weighted by Gasteiger charge is 2.15. The number of aromatic amines is 1. The molecule has 9 heteroatoms. The van der Waals surface area contributed by atoms with Gasteiger partial charge in [-0.3, -0.25) is 9.89 Å². The van der Waals surface area contributed by atoms with Crippen molar-refractivity contribution in [1.29, 1.82) is 0 Å². The van der Waals surface area contributed by atoms with Gasteiger partial charge < -0.3 is 5.32 Å². The molecule has 8 nitrogen and oxygen atoms in total. The van der Waals surface area contributed by atoms with Gasteiger partial charge >= 0.3 is 0 Å². The van der Waals surface area contributed by atoms with E-state index in [4.69, 9.17) is 0 Å². The van der Waals surface area contributed by atoms with Gasteiger partial charge in [-0.1, -0.05) is 0 Å². The maximum Gasteiger partial charge on any atom is 0.291 e. The summed E-state index contributed by atoms with van der Waals surface area (Å²) < 4.78 is 14.4. The average molecular weight is 301 g/mol. The number of aryl methyl sites for hydroxylation is 1. The fraction of sp³-hybridized carbons (Fsp3) is 0.154. The fourth-order valence-electron chi connectivity index (χ4n) is 1.87. The lowest BCUT2D eigenvalue weighted by Gasteiger charge is -2.02. The van der Waals surface area contributed by atoms with E-state index in [0.717, 1.165) is 0 Å². The molecule has 0 aliphatic heterocycles. The fourth-order valence-corrected chi connectivity index (χ4v) is 1.87. The number of carbonyl (C=O) groups excluding carboxylic acids is 1. The highest BCUT2D eigenvalue weighted by atomic mass is 19.1. The third kappa shape index (κ3) is 2.82. The molecule has 3 aromatic rings. The second-order valence-electron chi connectivity index (χ2n) is 4.49. The first kappa shape index (κ1) is 13.9. The van der Waals surface area contributed by atoms with E-state index in [2.05, 4.69) is 30.6 Å². The third-order valence-electron chi connectivity index (χ3n) is 2.92. The van der Waals surface area contributed by atoms with Crippen molar-refractivity contribution in [3.63, 3.8) is 0 Å². The zero-order valence-electron chi connectivity index (χ0n) is 11.6. The summed E-state index contributed by atoms with van der Waals surface area (Å²) in [5.74, 6) is 0.313. The van der Waals surface area contributed by atoms with E-state index in [1.165, 1.54) is 23.1 Å². The molecular weight excluding hydrogens is 289 g/mol. The molecule has 1 aromatic carbocycles. The summed E-state index contributed by atoms with van der Waals surface area (Å²) in [4.78, 5) is 20.0. The van der Waals surface area contributed by atoms with E-state index in [1.807, 2.05) is 0 Å². The van der Waals surface area contributed by atoms with Crippen LogP contribution in [0, 0.1) is 12.7 Å². The van der Waals surface area contributed by atoms with E-state index in [-0.39, 0.29) is 18.2 Å². The molecule has 1 amide bonds. The normalized spacial score (nSPS) is 10.6. The van der Waals surface area contributed by atoms with Gasteiger partial charge in [0.15, 0.2) is 0 Å². The van der Waals surface area contributed by atoms with Crippen LogP contribution < -0.4 is 5.32 Å². The Balaban J connectivity index is 1.76. The third-order valence-corrected chi connectivity index (χ3v) is 2.92.